The molecule has 2 aromatic carbocycles. The first-order chi connectivity index (χ1) is 20.0. The number of thioether (sulfide) groups is 1. The molecule has 41 heavy (non-hydrogen) atoms. The van der Waals surface area contributed by atoms with Crippen molar-refractivity contribution in [3.63, 3.8) is 0 Å². The van der Waals surface area contributed by atoms with Crippen LogP contribution in [0.5, 0.6) is 5.75 Å². The number of pyridine rings is 1. The zero-order valence-electron chi connectivity index (χ0n) is 22.2. The molecular formula is C30H27FN4O4S2. The number of unbranched alkanes of at least 4 members (excludes halogenated alkanes) is 2. The maximum absolute atomic E-state index is 14.1. The van der Waals surface area contributed by atoms with Gasteiger partial charge in [0.15, 0.2) is 4.34 Å². The average molecular weight is 591 g/mol. The van der Waals surface area contributed by atoms with Crippen LogP contribution in [0.4, 0.5) is 9.52 Å². The predicted molar refractivity (Wildman–Crippen MR) is 156 cm³/mol. The minimum atomic E-state index is -0.972. The summed E-state index contributed by atoms with van der Waals surface area (Å²) in [5.41, 5.74) is 1.37. The van der Waals surface area contributed by atoms with E-state index in [-0.39, 0.29) is 22.3 Å². The lowest BCUT2D eigenvalue weighted by Crippen LogP contribution is -2.29. The lowest BCUT2D eigenvalue weighted by molar-refractivity contribution is -0.132. The first-order valence-corrected chi connectivity index (χ1v) is 14.9. The molecule has 4 aromatic rings. The quantitative estimate of drug-likeness (QED) is 0.0523. The van der Waals surface area contributed by atoms with Crippen LogP contribution in [0.3, 0.4) is 0 Å². The van der Waals surface area contributed by atoms with Crippen molar-refractivity contribution in [3.8, 4) is 5.75 Å². The zero-order valence-corrected chi connectivity index (χ0v) is 23.8. The third kappa shape index (κ3) is 6.31. The summed E-state index contributed by atoms with van der Waals surface area (Å²) in [4.78, 5) is 32.1. The Morgan fingerprint density at radius 2 is 1.88 bits per heavy atom. The minimum Gasteiger partial charge on any atom is -0.507 e. The van der Waals surface area contributed by atoms with Crippen LogP contribution < -0.4 is 9.64 Å². The molecule has 5 rings (SSSR count). The number of nitrogens with zero attached hydrogens (tertiary/aromatic N) is 4. The van der Waals surface area contributed by atoms with Crippen LogP contribution in [0.1, 0.15) is 48.9 Å². The largest absolute Gasteiger partial charge is 0.507 e. The number of hydrogen-bond acceptors (Lipinski definition) is 9. The summed E-state index contributed by atoms with van der Waals surface area (Å²) < 4.78 is 20.5. The second-order valence-corrected chi connectivity index (χ2v) is 11.4. The van der Waals surface area contributed by atoms with Gasteiger partial charge >= 0.3 is 5.91 Å². The number of anilines is 1. The molecule has 1 fully saturated rings. The van der Waals surface area contributed by atoms with Crippen LogP contribution >= 0.6 is 23.1 Å². The summed E-state index contributed by atoms with van der Waals surface area (Å²) in [5, 5.41) is 19.9. The maximum Gasteiger partial charge on any atom is 0.301 e. The Labute approximate surface area is 244 Å². The lowest BCUT2D eigenvalue weighted by atomic mass is 9.95. The van der Waals surface area contributed by atoms with Gasteiger partial charge < -0.3 is 9.84 Å². The molecule has 1 amide bonds. The Morgan fingerprint density at radius 3 is 2.66 bits per heavy atom. The minimum absolute atomic E-state index is 0.0694. The molecule has 210 valence electrons. The van der Waals surface area contributed by atoms with E-state index in [1.807, 2.05) is 6.07 Å². The molecule has 0 aliphatic carbocycles. The number of ketones is 1. The average Bonchev–Trinajstić information content (AvgIpc) is 3.57. The van der Waals surface area contributed by atoms with Gasteiger partial charge in [0, 0.05) is 23.7 Å². The highest BCUT2D eigenvalue weighted by Crippen LogP contribution is 2.44. The second-order valence-electron chi connectivity index (χ2n) is 9.26. The van der Waals surface area contributed by atoms with Gasteiger partial charge in [0.1, 0.15) is 17.3 Å². The van der Waals surface area contributed by atoms with Crippen molar-refractivity contribution in [2.75, 3.05) is 11.5 Å². The smallest absolute Gasteiger partial charge is 0.301 e. The monoisotopic (exact) mass is 590 g/mol. The van der Waals surface area contributed by atoms with E-state index in [1.54, 1.807) is 48.5 Å². The van der Waals surface area contributed by atoms with Crippen molar-refractivity contribution in [1.29, 1.82) is 0 Å². The molecule has 1 unspecified atom stereocenters. The molecule has 1 aliphatic heterocycles. The van der Waals surface area contributed by atoms with Gasteiger partial charge in [-0.25, -0.2) is 4.39 Å². The Balaban J connectivity index is 1.51. The van der Waals surface area contributed by atoms with Crippen molar-refractivity contribution in [1.82, 2.24) is 15.2 Å². The molecule has 1 N–H and O–H groups in total. The van der Waals surface area contributed by atoms with Gasteiger partial charge in [0.25, 0.3) is 5.78 Å². The van der Waals surface area contributed by atoms with Crippen LogP contribution in [0, 0.1) is 5.82 Å². The number of rotatable bonds is 11. The van der Waals surface area contributed by atoms with Crippen LogP contribution in [-0.4, -0.2) is 38.6 Å². The van der Waals surface area contributed by atoms with E-state index >= 15 is 0 Å². The van der Waals surface area contributed by atoms with Gasteiger partial charge in [-0.05, 0) is 47.9 Å². The molecule has 8 nitrogen and oxygen atoms in total. The standard InChI is InChI=1S/C30H27FN4O4S2/c1-2-3-6-16-39-22-10-7-9-20(17-22)25-24(26(36)19-12-14-32-15-13-19)27(37)28(38)35(25)29-33-34-30(41-29)40-18-21-8-4-5-11-23(21)31/h4-5,7-15,17,25,36H,2-3,6,16,18H2,1H3. The summed E-state index contributed by atoms with van der Waals surface area (Å²) in [7, 11) is 0. The third-order valence-electron chi connectivity index (χ3n) is 6.50. The van der Waals surface area contributed by atoms with Gasteiger partial charge in [-0.3, -0.25) is 19.5 Å². The van der Waals surface area contributed by atoms with Crippen molar-refractivity contribution in [3.05, 3.63) is 101 Å². The number of ether oxygens (including phenoxy) is 1. The number of aromatic nitrogens is 3. The van der Waals surface area contributed by atoms with Gasteiger partial charge in [0.05, 0.1) is 18.2 Å². The van der Waals surface area contributed by atoms with Gasteiger partial charge in [-0.1, -0.05) is 73.2 Å². The number of halogens is 1. The van der Waals surface area contributed by atoms with Crippen LogP contribution in [0.25, 0.3) is 5.76 Å². The number of carbonyl (C=O) groups excluding carboxylic acids is 2. The summed E-state index contributed by atoms with van der Waals surface area (Å²) >= 11 is 2.40. The Kier molecular flexibility index (Phi) is 9.05. The van der Waals surface area contributed by atoms with Crippen LogP contribution in [0.15, 0.2) is 83.0 Å². The first-order valence-electron chi connectivity index (χ1n) is 13.1. The molecule has 0 bridgehead atoms. The van der Waals surface area contributed by atoms with E-state index in [0.717, 1.165) is 30.6 Å². The molecule has 0 radical (unpaired) electrons. The molecular weight excluding hydrogens is 563 g/mol. The number of aliphatic hydroxyl groups is 1. The normalized spacial score (nSPS) is 16.3. The second kappa shape index (κ2) is 13.0. The lowest BCUT2D eigenvalue weighted by Gasteiger charge is -2.23. The fourth-order valence-corrected chi connectivity index (χ4v) is 6.29. The first kappa shape index (κ1) is 28.4. The summed E-state index contributed by atoms with van der Waals surface area (Å²) in [6.45, 7) is 2.65. The summed E-state index contributed by atoms with van der Waals surface area (Å²) in [6, 6.07) is 15.8. The molecule has 1 atom stereocenters. The topological polar surface area (TPSA) is 106 Å². The van der Waals surface area contributed by atoms with E-state index in [2.05, 4.69) is 22.1 Å². The van der Waals surface area contributed by atoms with Crippen molar-refractivity contribution >= 4 is 45.7 Å². The van der Waals surface area contributed by atoms with Gasteiger partial charge in [-0.2, -0.15) is 0 Å². The summed E-state index contributed by atoms with van der Waals surface area (Å²) in [5.74, 6) is -1.39. The molecule has 1 aliphatic rings. The van der Waals surface area contributed by atoms with E-state index in [1.165, 1.54) is 35.1 Å². The SMILES string of the molecule is CCCCCOc1cccc(C2C(=C(O)c3ccncc3)C(=O)C(=O)N2c2nnc(SCc3ccccc3F)s2)c1. The highest BCUT2D eigenvalue weighted by Gasteiger charge is 2.48. The zero-order chi connectivity index (χ0) is 28.8. The molecule has 1 saturated heterocycles. The fraction of sp³-hybridized carbons (Fsp3) is 0.233. The Morgan fingerprint density at radius 1 is 1.07 bits per heavy atom. The van der Waals surface area contributed by atoms with Crippen molar-refractivity contribution in [2.24, 2.45) is 0 Å². The van der Waals surface area contributed by atoms with Gasteiger partial charge in [-0.15, -0.1) is 10.2 Å². The number of amides is 1. The molecule has 0 saturated carbocycles. The van der Waals surface area contributed by atoms with Crippen molar-refractivity contribution < 1.29 is 23.8 Å². The maximum atomic E-state index is 14.1. The Bertz CT molecular complexity index is 1580. The summed E-state index contributed by atoms with van der Waals surface area (Å²) in [6.07, 6.45) is 6.00. The van der Waals surface area contributed by atoms with E-state index in [0.29, 0.717) is 39.1 Å². The predicted octanol–water partition coefficient (Wildman–Crippen LogP) is 6.56. The molecule has 0 spiro atoms. The molecule has 11 heteroatoms. The van der Waals surface area contributed by atoms with Gasteiger partial charge in [0.2, 0.25) is 5.13 Å². The van der Waals surface area contributed by atoms with Crippen molar-refractivity contribution in [2.45, 2.75) is 42.3 Å². The number of carbonyl (C=O) groups is 2. The Hall–Kier alpha value is -4.09. The van der Waals surface area contributed by atoms with E-state index < -0.39 is 17.7 Å². The number of aliphatic hydroxyl groups excluding tert-OH is 1. The van der Waals surface area contributed by atoms with E-state index in [4.69, 9.17) is 4.74 Å². The van der Waals surface area contributed by atoms with Crippen LogP contribution in [0.2, 0.25) is 0 Å². The highest BCUT2D eigenvalue weighted by molar-refractivity contribution is 8.00. The fourth-order valence-electron chi connectivity index (χ4n) is 4.44. The number of Topliss-reactive ketones (excluding diaryl/α,β-unsaturated/α-hetero) is 1. The third-order valence-corrected chi connectivity index (χ3v) is 8.60. The number of benzene rings is 2. The number of hydrogen-bond donors (Lipinski definition) is 1. The molecule has 2 aromatic heterocycles. The van der Waals surface area contributed by atoms with E-state index in [9.17, 15) is 19.1 Å². The molecule has 3 heterocycles. The highest BCUT2D eigenvalue weighted by atomic mass is 32.2. The van der Waals surface area contributed by atoms with Crippen LogP contribution in [-0.2, 0) is 15.3 Å².